The Kier molecular flexibility index (Phi) is 15.6. The van der Waals surface area contributed by atoms with Crippen molar-refractivity contribution in [2.24, 2.45) is 0 Å². The Hall–Kier alpha value is -0.860. The van der Waals surface area contributed by atoms with Crippen LogP contribution in [0.25, 0.3) is 0 Å². The molecule has 0 bridgehead atoms. The summed E-state index contributed by atoms with van der Waals surface area (Å²) in [6, 6.07) is 0. The summed E-state index contributed by atoms with van der Waals surface area (Å²) in [5.74, 6) is 0.0952. The number of rotatable bonds is 9. The van der Waals surface area contributed by atoms with Crippen molar-refractivity contribution in [3.63, 3.8) is 0 Å². The van der Waals surface area contributed by atoms with E-state index in [9.17, 15) is 9.59 Å². The lowest BCUT2D eigenvalue weighted by molar-refractivity contribution is -0.132. The van der Waals surface area contributed by atoms with Gasteiger partial charge in [0, 0.05) is 46.4 Å². The Morgan fingerprint density at radius 1 is 1.22 bits per heavy atom. The number of piperazine rings is 1. The summed E-state index contributed by atoms with van der Waals surface area (Å²) in [5.41, 5.74) is 0. The predicted molar refractivity (Wildman–Crippen MR) is 95.5 cm³/mol. The first-order valence-electron chi connectivity index (χ1n) is 7.24. The van der Waals surface area contributed by atoms with Gasteiger partial charge in [-0.25, -0.2) is 0 Å². The molecule has 9 heteroatoms. The zero-order chi connectivity index (χ0) is 15.5. The summed E-state index contributed by atoms with van der Waals surface area (Å²) < 4.78 is 4.91. The van der Waals surface area contributed by atoms with Crippen molar-refractivity contribution in [2.75, 3.05) is 66.1 Å². The number of nitrogens with zero attached hydrogens (tertiary/aromatic N) is 2. The summed E-state index contributed by atoms with van der Waals surface area (Å²) in [4.78, 5) is 27.4. The van der Waals surface area contributed by atoms with Crippen molar-refractivity contribution in [1.82, 2.24) is 20.4 Å². The van der Waals surface area contributed by atoms with Crippen molar-refractivity contribution in [1.29, 1.82) is 0 Å². The number of halogens is 2. The van der Waals surface area contributed by atoms with Gasteiger partial charge in [-0.2, -0.15) is 0 Å². The van der Waals surface area contributed by atoms with Crippen LogP contribution in [0.5, 0.6) is 0 Å². The molecule has 0 spiro atoms. The van der Waals surface area contributed by atoms with Crippen molar-refractivity contribution in [2.45, 2.75) is 0 Å². The van der Waals surface area contributed by atoms with Crippen molar-refractivity contribution in [3.8, 4) is 0 Å². The Bertz CT molecular complexity index is 351. The summed E-state index contributed by atoms with van der Waals surface area (Å²) in [7, 11) is 1.63. The first-order valence-corrected chi connectivity index (χ1v) is 7.24. The van der Waals surface area contributed by atoms with E-state index in [-0.39, 0.29) is 36.6 Å². The minimum Gasteiger partial charge on any atom is -0.383 e. The summed E-state index contributed by atoms with van der Waals surface area (Å²) >= 11 is 0. The van der Waals surface area contributed by atoms with Crippen LogP contribution in [-0.4, -0.2) is 87.7 Å². The zero-order valence-corrected chi connectivity index (χ0v) is 15.2. The summed E-state index contributed by atoms with van der Waals surface area (Å²) in [6.45, 7) is 8.82. The van der Waals surface area contributed by atoms with Crippen LogP contribution in [0.15, 0.2) is 12.7 Å². The van der Waals surface area contributed by atoms with Crippen LogP contribution in [0, 0.1) is 0 Å². The summed E-state index contributed by atoms with van der Waals surface area (Å²) in [6.07, 6.45) is 1.66. The van der Waals surface area contributed by atoms with E-state index in [1.165, 1.54) is 0 Å². The maximum absolute atomic E-state index is 11.9. The molecule has 1 aliphatic heterocycles. The second kappa shape index (κ2) is 14.7. The third kappa shape index (κ3) is 10.5. The number of ether oxygens (including phenoxy) is 1. The molecule has 23 heavy (non-hydrogen) atoms. The van der Waals surface area contributed by atoms with Crippen molar-refractivity contribution < 1.29 is 14.3 Å². The molecule has 2 N–H and O–H groups in total. The van der Waals surface area contributed by atoms with Crippen LogP contribution < -0.4 is 10.6 Å². The van der Waals surface area contributed by atoms with E-state index in [2.05, 4.69) is 22.1 Å². The van der Waals surface area contributed by atoms with Crippen molar-refractivity contribution in [3.05, 3.63) is 12.7 Å². The molecular formula is C14H28Cl2N4O3. The average molecular weight is 371 g/mol. The van der Waals surface area contributed by atoms with Crippen LogP contribution in [0.2, 0.25) is 0 Å². The number of carbonyl (C=O) groups is 2. The third-order valence-corrected chi connectivity index (χ3v) is 3.29. The van der Waals surface area contributed by atoms with E-state index in [0.717, 1.165) is 13.1 Å². The molecular weight excluding hydrogens is 343 g/mol. The molecule has 1 aliphatic rings. The van der Waals surface area contributed by atoms with E-state index in [1.807, 2.05) is 4.90 Å². The molecule has 2 amide bonds. The smallest absolute Gasteiger partial charge is 0.236 e. The molecule has 0 radical (unpaired) electrons. The first-order chi connectivity index (χ1) is 10.2. The number of amides is 2. The predicted octanol–water partition coefficient (Wildman–Crippen LogP) is -0.488. The fourth-order valence-corrected chi connectivity index (χ4v) is 2.08. The SMILES string of the molecule is C=CCNC(=O)CN1CCN(C(=O)CNCCOC)CC1.Cl.Cl. The van der Waals surface area contributed by atoms with Gasteiger partial charge in [0.25, 0.3) is 0 Å². The molecule has 1 rings (SSSR count). The maximum atomic E-state index is 11.9. The van der Waals surface area contributed by atoms with Gasteiger partial charge in [0.1, 0.15) is 0 Å². The van der Waals surface area contributed by atoms with Gasteiger partial charge in [0.2, 0.25) is 11.8 Å². The Morgan fingerprint density at radius 2 is 1.87 bits per heavy atom. The van der Waals surface area contributed by atoms with Gasteiger partial charge in [-0.05, 0) is 0 Å². The van der Waals surface area contributed by atoms with E-state index in [1.54, 1.807) is 13.2 Å². The van der Waals surface area contributed by atoms with Crippen LogP contribution >= 0.6 is 24.8 Å². The topological polar surface area (TPSA) is 73.9 Å². The molecule has 0 unspecified atom stereocenters. The minimum absolute atomic E-state index is 0. The molecule has 0 saturated carbocycles. The van der Waals surface area contributed by atoms with Crippen molar-refractivity contribution >= 4 is 36.6 Å². The molecule has 0 aromatic rings. The third-order valence-electron chi connectivity index (χ3n) is 3.29. The quantitative estimate of drug-likeness (QED) is 0.423. The second-order valence-corrected chi connectivity index (χ2v) is 4.92. The lowest BCUT2D eigenvalue weighted by Crippen LogP contribution is -2.52. The number of methoxy groups -OCH3 is 1. The van der Waals surface area contributed by atoms with Gasteiger partial charge in [-0.3, -0.25) is 14.5 Å². The van der Waals surface area contributed by atoms with Gasteiger partial charge < -0.3 is 20.3 Å². The largest absolute Gasteiger partial charge is 0.383 e. The lowest BCUT2D eigenvalue weighted by Gasteiger charge is -2.34. The highest BCUT2D eigenvalue weighted by molar-refractivity contribution is 5.85. The van der Waals surface area contributed by atoms with Gasteiger partial charge >= 0.3 is 0 Å². The molecule has 0 aromatic carbocycles. The highest BCUT2D eigenvalue weighted by atomic mass is 35.5. The normalized spacial score (nSPS) is 14.4. The van der Waals surface area contributed by atoms with E-state index >= 15 is 0 Å². The lowest BCUT2D eigenvalue weighted by atomic mass is 10.3. The average Bonchev–Trinajstić information content (AvgIpc) is 2.50. The van der Waals surface area contributed by atoms with E-state index < -0.39 is 0 Å². The standard InChI is InChI=1S/C14H26N4O3.2ClH/c1-3-4-16-13(19)12-17-6-8-18(9-7-17)14(20)11-15-5-10-21-2;;/h3,15H,1,4-12H2,2H3,(H,16,19);2*1H. The van der Waals surface area contributed by atoms with E-state index in [0.29, 0.717) is 45.9 Å². The van der Waals surface area contributed by atoms with Crippen LogP contribution in [0.1, 0.15) is 0 Å². The fraction of sp³-hybridized carbons (Fsp3) is 0.714. The maximum Gasteiger partial charge on any atom is 0.236 e. The molecule has 0 aromatic heterocycles. The molecule has 0 aliphatic carbocycles. The highest BCUT2D eigenvalue weighted by Gasteiger charge is 2.21. The molecule has 136 valence electrons. The van der Waals surface area contributed by atoms with Crippen LogP contribution in [0.4, 0.5) is 0 Å². The Labute approximate surface area is 150 Å². The highest BCUT2D eigenvalue weighted by Crippen LogP contribution is 2.01. The first kappa shape index (κ1) is 24.4. The number of hydrogen-bond donors (Lipinski definition) is 2. The number of nitrogens with one attached hydrogen (secondary N) is 2. The number of hydrogen-bond acceptors (Lipinski definition) is 5. The zero-order valence-electron chi connectivity index (χ0n) is 13.6. The van der Waals surface area contributed by atoms with Gasteiger partial charge in [-0.15, -0.1) is 31.4 Å². The number of carbonyl (C=O) groups excluding carboxylic acids is 2. The fourth-order valence-electron chi connectivity index (χ4n) is 2.08. The van der Waals surface area contributed by atoms with Gasteiger partial charge in [0.15, 0.2) is 0 Å². The molecule has 7 nitrogen and oxygen atoms in total. The molecule has 1 fully saturated rings. The van der Waals surface area contributed by atoms with Crippen LogP contribution in [-0.2, 0) is 14.3 Å². The molecule has 0 atom stereocenters. The molecule has 1 heterocycles. The Morgan fingerprint density at radius 3 is 2.43 bits per heavy atom. The monoisotopic (exact) mass is 370 g/mol. The van der Waals surface area contributed by atoms with Crippen LogP contribution in [0.3, 0.4) is 0 Å². The summed E-state index contributed by atoms with van der Waals surface area (Å²) in [5, 5.41) is 5.80. The van der Waals surface area contributed by atoms with Gasteiger partial charge in [-0.1, -0.05) is 6.08 Å². The Balaban J connectivity index is 0. The van der Waals surface area contributed by atoms with Gasteiger partial charge in [0.05, 0.1) is 19.7 Å². The second-order valence-electron chi connectivity index (χ2n) is 4.92. The minimum atomic E-state index is -0.00379. The molecule has 1 saturated heterocycles. The van der Waals surface area contributed by atoms with E-state index in [4.69, 9.17) is 4.74 Å².